The Hall–Kier alpha value is -2.65. The van der Waals surface area contributed by atoms with Crippen molar-refractivity contribution in [2.75, 3.05) is 0 Å². The Labute approximate surface area is 140 Å². The molecule has 136 valence electrons. The van der Waals surface area contributed by atoms with Crippen molar-refractivity contribution in [1.82, 2.24) is 16.0 Å². The highest BCUT2D eigenvalue weighted by molar-refractivity contribution is 5.96. The Morgan fingerprint density at radius 2 is 1.25 bits per heavy atom. The summed E-state index contributed by atoms with van der Waals surface area (Å²) < 4.78 is 0. The first-order valence-corrected chi connectivity index (χ1v) is 7.44. The summed E-state index contributed by atoms with van der Waals surface area (Å²) in [7, 11) is 0. The molecule has 10 nitrogen and oxygen atoms in total. The maximum atomic E-state index is 12.1. The molecule has 3 atom stereocenters. The number of hydrogen-bond acceptors (Lipinski definition) is 5. The third-order valence-electron chi connectivity index (χ3n) is 3.14. The Morgan fingerprint density at radius 1 is 0.792 bits per heavy atom. The molecule has 0 heterocycles. The highest BCUT2D eigenvalue weighted by Crippen LogP contribution is 2.04. The molecule has 0 spiro atoms. The van der Waals surface area contributed by atoms with E-state index in [9.17, 15) is 24.0 Å². The number of carbonyl (C=O) groups excluding carboxylic acids is 5. The molecule has 0 aromatic carbocycles. The van der Waals surface area contributed by atoms with Gasteiger partial charge < -0.3 is 27.4 Å². The monoisotopic (exact) mass is 343 g/mol. The van der Waals surface area contributed by atoms with Crippen LogP contribution in [0.4, 0.5) is 4.79 Å². The zero-order valence-electron chi connectivity index (χ0n) is 14.2. The number of hydrogen-bond donors (Lipinski definition) is 5. The van der Waals surface area contributed by atoms with E-state index in [0.29, 0.717) is 0 Å². The summed E-state index contributed by atoms with van der Waals surface area (Å²) in [4.78, 5) is 57.7. The second-order valence-corrected chi connectivity index (χ2v) is 5.75. The molecule has 0 aliphatic rings. The number of urea groups is 1. The zero-order chi connectivity index (χ0) is 19.0. The topological polar surface area (TPSA) is 173 Å². The molecule has 10 heteroatoms. The molecule has 5 amide bonds. The molecule has 0 radical (unpaired) electrons. The van der Waals surface area contributed by atoms with Crippen molar-refractivity contribution in [3.63, 3.8) is 0 Å². The lowest BCUT2D eigenvalue weighted by molar-refractivity contribution is -0.133. The van der Waals surface area contributed by atoms with E-state index in [2.05, 4.69) is 16.0 Å². The molecule has 7 N–H and O–H groups in total. The van der Waals surface area contributed by atoms with E-state index >= 15 is 0 Å². The molecule has 3 unspecified atom stereocenters. The minimum Gasteiger partial charge on any atom is -0.370 e. The number of amides is 5. The van der Waals surface area contributed by atoms with E-state index in [1.165, 1.54) is 13.8 Å². The second-order valence-electron chi connectivity index (χ2n) is 5.75. The van der Waals surface area contributed by atoms with Gasteiger partial charge in [0, 0.05) is 5.92 Å². The summed E-state index contributed by atoms with van der Waals surface area (Å²) in [6, 6.07) is -3.87. The van der Waals surface area contributed by atoms with Gasteiger partial charge in [-0.1, -0.05) is 13.8 Å². The van der Waals surface area contributed by atoms with E-state index in [-0.39, 0.29) is 12.2 Å². The fourth-order valence-electron chi connectivity index (χ4n) is 1.81. The van der Waals surface area contributed by atoms with Crippen molar-refractivity contribution in [1.29, 1.82) is 0 Å². The summed E-state index contributed by atoms with van der Waals surface area (Å²) in [6.07, 6.45) is -0.330. The summed E-state index contributed by atoms with van der Waals surface area (Å²) in [5, 5.41) is 6.93. The maximum Gasteiger partial charge on any atom is 0.312 e. The lowest BCUT2D eigenvalue weighted by Crippen LogP contribution is -2.55. The van der Waals surface area contributed by atoms with Crippen LogP contribution in [-0.4, -0.2) is 47.7 Å². The van der Waals surface area contributed by atoms with E-state index in [1.54, 1.807) is 13.8 Å². The van der Waals surface area contributed by atoms with Gasteiger partial charge >= 0.3 is 6.03 Å². The first-order valence-electron chi connectivity index (χ1n) is 7.44. The molecule has 0 aromatic rings. The van der Waals surface area contributed by atoms with Gasteiger partial charge in [-0.05, 0) is 13.8 Å². The van der Waals surface area contributed by atoms with Crippen molar-refractivity contribution in [3.8, 4) is 0 Å². The lowest BCUT2D eigenvalue weighted by atomic mass is 9.98. The number of primary amides is 2. The van der Waals surface area contributed by atoms with Crippen LogP contribution in [0.15, 0.2) is 0 Å². The Kier molecular flexibility index (Phi) is 8.43. The van der Waals surface area contributed by atoms with Crippen molar-refractivity contribution >= 4 is 29.5 Å². The lowest BCUT2D eigenvalue weighted by Gasteiger charge is -2.22. The molecule has 0 bridgehead atoms. The maximum absolute atomic E-state index is 12.1. The molecule has 0 aromatic heterocycles. The molecule has 24 heavy (non-hydrogen) atoms. The van der Waals surface area contributed by atoms with E-state index in [0.717, 1.165) is 0 Å². The Morgan fingerprint density at radius 3 is 1.67 bits per heavy atom. The molecular weight excluding hydrogens is 318 g/mol. The van der Waals surface area contributed by atoms with Crippen LogP contribution in [0.2, 0.25) is 0 Å². The van der Waals surface area contributed by atoms with Crippen LogP contribution < -0.4 is 27.4 Å². The predicted octanol–water partition coefficient (Wildman–Crippen LogP) is -1.87. The van der Waals surface area contributed by atoms with Gasteiger partial charge in [0.15, 0.2) is 5.78 Å². The number of nitrogens with two attached hydrogens (primary N) is 2. The van der Waals surface area contributed by atoms with E-state index < -0.39 is 47.8 Å². The summed E-state index contributed by atoms with van der Waals surface area (Å²) in [6.45, 7) is 6.05. The number of carbonyl (C=O) groups is 5. The van der Waals surface area contributed by atoms with Crippen molar-refractivity contribution < 1.29 is 24.0 Å². The molecule has 0 aliphatic carbocycles. The smallest absolute Gasteiger partial charge is 0.312 e. The van der Waals surface area contributed by atoms with Gasteiger partial charge in [-0.3, -0.25) is 19.2 Å². The van der Waals surface area contributed by atoms with Crippen LogP contribution >= 0.6 is 0 Å². The van der Waals surface area contributed by atoms with Crippen LogP contribution in [0.5, 0.6) is 0 Å². The van der Waals surface area contributed by atoms with E-state index in [4.69, 9.17) is 11.5 Å². The fraction of sp³-hybridized carbons (Fsp3) is 0.643. The number of ketones is 1. The molecule has 0 fully saturated rings. The summed E-state index contributed by atoms with van der Waals surface area (Å²) in [5.41, 5.74) is 9.99. The Balaban J connectivity index is 4.80. The normalized spacial score (nSPS) is 14.2. The van der Waals surface area contributed by atoms with Crippen molar-refractivity contribution in [3.05, 3.63) is 0 Å². The minimum absolute atomic E-state index is 0.330. The zero-order valence-corrected chi connectivity index (χ0v) is 14.2. The minimum atomic E-state index is -1.06. The van der Waals surface area contributed by atoms with Gasteiger partial charge in [-0.15, -0.1) is 0 Å². The first-order chi connectivity index (χ1) is 11.0. The summed E-state index contributed by atoms with van der Waals surface area (Å²) >= 11 is 0. The molecular formula is C14H25N5O5. The molecule has 0 rings (SSSR count). The van der Waals surface area contributed by atoms with Gasteiger partial charge in [0.1, 0.15) is 12.1 Å². The van der Waals surface area contributed by atoms with Gasteiger partial charge in [0.05, 0.1) is 12.5 Å². The van der Waals surface area contributed by atoms with Crippen LogP contribution in [0.1, 0.15) is 34.1 Å². The standard InChI is InChI=1S/C14H25N5O5/c1-6(2)11(21)9(5-10(15)20)19-13(23)7(3)17-12(22)8(4)18-14(16)24/h6-9H,5H2,1-4H3,(H2,15,20)(H,17,22)(H,19,23)(H3,16,18,24). The second kappa shape index (κ2) is 9.48. The predicted molar refractivity (Wildman–Crippen MR) is 85.4 cm³/mol. The largest absolute Gasteiger partial charge is 0.370 e. The first kappa shape index (κ1) is 21.4. The van der Waals surface area contributed by atoms with Gasteiger partial charge in [-0.25, -0.2) is 4.79 Å². The van der Waals surface area contributed by atoms with Gasteiger partial charge in [0.25, 0.3) is 0 Å². The van der Waals surface area contributed by atoms with Crippen molar-refractivity contribution in [2.45, 2.75) is 52.2 Å². The summed E-state index contributed by atoms with van der Waals surface area (Å²) in [5.74, 6) is -2.76. The van der Waals surface area contributed by atoms with Gasteiger partial charge in [0.2, 0.25) is 17.7 Å². The molecule has 0 saturated carbocycles. The van der Waals surface area contributed by atoms with E-state index in [1.807, 2.05) is 0 Å². The fourth-order valence-corrected chi connectivity index (χ4v) is 1.81. The van der Waals surface area contributed by atoms with Crippen LogP contribution in [-0.2, 0) is 19.2 Å². The van der Waals surface area contributed by atoms with Crippen LogP contribution in [0.25, 0.3) is 0 Å². The third kappa shape index (κ3) is 7.56. The SMILES string of the molecule is CC(C)C(=O)C(CC(N)=O)NC(=O)C(C)NC(=O)C(C)NC(N)=O. The average Bonchev–Trinajstić information content (AvgIpc) is 2.43. The molecule has 0 saturated heterocycles. The third-order valence-corrected chi connectivity index (χ3v) is 3.14. The highest BCUT2D eigenvalue weighted by Gasteiger charge is 2.28. The highest BCUT2D eigenvalue weighted by atomic mass is 16.2. The molecule has 0 aliphatic heterocycles. The Bertz CT molecular complexity index is 520. The number of rotatable bonds is 9. The number of Topliss-reactive ketones (excluding diaryl/α,β-unsaturated/α-hetero) is 1. The van der Waals surface area contributed by atoms with Crippen LogP contribution in [0, 0.1) is 5.92 Å². The number of nitrogens with one attached hydrogen (secondary N) is 3. The van der Waals surface area contributed by atoms with Crippen LogP contribution in [0.3, 0.4) is 0 Å². The van der Waals surface area contributed by atoms with Crippen molar-refractivity contribution in [2.24, 2.45) is 17.4 Å². The van der Waals surface area contributed by atoms with Gasteiger partial charge in [-0.2, -0.15) is 0 Å². The average molecular weight is 343 g/mol. The quantitative estimate of drug-likeness (QED) is 0.329.